The maximum atomic E-state index is 5.24. The summed E-state index contributed by atoms with van der Waals surface area (Å²) in [6.07, 6.45) is 5.81. The summed E-state index contributed by atoms with van der Waals surface area (Å²) in [5, 5.41) is 10.8. The fraction of sp³-hybridized carbons (Fsp3) is 0.812. The molecule has 1 fully saturated rings. The molecule has 0 radical (unpaired) electrons. The molecule has 1 aliphatic rings. The van der Waals surface area contributed by atoms with E-state index in [0.717, 1.165) is 24.2 Å². The molecule has 132 valence electrons. The van der Waals surface area contributed by atoms with E-state index < -0.39 is 0 Å². The van der Waals surface area contributed by atoms with E-state index in [2.05, 4.69) is 46.5 Å². The fourth-order valence-electron chi connectivity index (χ4n) is 2.85. The molecule has 1 saturated carbocycles. The number of rotatable bonds is 5. The first-order chi connectivity index (χ1) is 10.6. The van der Waals surface area contributed by atoms with Gasteiger partial charge in [-0.3, -0.25) is 4.99 Å². The zero-order valence-corrected chi connectivity index (χ0v) is 17.0. The number of aliphatic imine (C=N–C) groups is 1. The third-order valence-corrected chi connectivity index (χ3v) is 4.13. The van der Waals surface area contributed by atoms with E-state index in [0.29, 0.717) is 24.3 Å². The number of nitrogens with zero attached hydrogens (tertiary/aromatic N) is 3. The van der Waals surface area contributed by atoms with Crippen molar-refractivity contribution in [3.8, 4) is 0 Å². The van der Waals surface area contributed by atoms with Crippen LogP contribution in [0.15, 0.2) is 9.52 Å². The molecule has 0 bridgehead atoms. The van der Waals surface area contributed by atoms with Crippen molar-refractivity contribution >= 4 is 29.9 Å². The van der Waals surface area contributed by atoms with Crippen molar-refractivity contribution in [1.29, 1.82) is 0 Å². The molecular weight excluding hydrogens is 405 g/mol. The molecule has 0 spiro atoms. The summed E-state index contributed by atoms with van der Waals surface area (Å²) in [6, 6.07) is 0.533. The number of guanidine groups is 1. The Labute approximate surface area is 156 Å². The van der Waals surface area contributed by atoms with Crippen LogP contribution in [0.3, 0.4) is 0 Å². The van der Waals surface area contributed by atoms with E-state index in [1.165, 1.54) is 25.7 Å². The number of hydrogen-bond donors (Lipinski definition) is 2. The smallest absolute Gasteiger partial charge is 0.228 e. The maximum Gasteiger partial charge on any atom is 0.228 e. The van der Waals surface area contributed by atoms with Crippen LogP contribution in [0.4, 0.5) is 0 Å². The van der Waals surface area contributed by atoms with Gasteiger partial charge in [-0.15, -0.1) is 24.0 Å². The van der Waals surface area contributed by atoms with Gasteiger partial charge in [-0.1, -0.05) is 38.8 Å². The summed E-state index contributed by atoms with van der Waals surface area (Å²) < 4.78 is 5.24. The van der Waals surface area contributed by atoms with Gasteiger partial charge < -0.3 is 15.2 Å². The minimum atomic E-state index is 0. The highest BCUT2D eigenvalue weighted by atomic mass is 127. The molecule has 1 aliphatic carbocycles. The molecule has 1 heterocycles. The molecule has 0 aromatic carbocycles. The van der Waals surface area contributed by atoms with Crippen LogP contribution >= 0.6 is 24.0 Å². The summed E-state index contributed by atoms with van der Waals surface area (Å²) in [4.78, 5) is 8.68. The van der Waals surface area contributed by atoms with Gasteiger partial charge in [0.1, 0.15) is 0 Å². The van der Waals surface area contributed by atoms with Crippen LogP contribution in [0.25, 0.3) is 0 Å². The van der Waals surface area contributed by atoms with Gasteiger partial charge in [0.2, 0.25) is 5.89 Å². The van der Waals surface area contributed by atoms with Gasteiger partial charge >= 0.3 is 0 Å². The first kappa shape index (κ1) is 20.2. The zero-order chi connectivity index (χ0) is 15.9. The van der Waals surface area contributed by atoms with Crippen LogP contribution in [-0.2, 0) is 6.42 Å². The summed E-state index contributed by atoms with van der Waals surface area (Å²) in [5.74, 6) is 3.42. The first-order valence-electron chi connectivity index (χ1n) is 8.38. The quantitative estimate of drug-likeness (QED) is 0.423. The molecule has 0 saturated heterocycles. The van der Waals surface area contributed by atoms with E-state index in [-0.39, 0.29) is 24.0 Å². The third-order valence-electron chi connectivity index (χ3n) is 4.13. The van der Waals surface area contributed by atoms with E-state index >= 15 is 0 Å². The van der Waals surface area contributed by atoms with Gasteiger partial charge in [0.05, 0.1) is 0 Å². The van der Waals surface area contributed by atoms with Crippen LogP contribution in [0.1, 0.15) is 64.1 Å². The molecule has 6 nitrogen and oxygen atoms in total. The van der Waals surface area contributed by atoms with Gasteiger partial charge in [0, 0.05) is 32.0 Å². The second kappa shape index (κ2) is 10.1. The molecule has 0 aliphatic heterocycles. The molecule has 2 atom stereocenters. The van der Waals surface area contributed by atoms with Crippen molar-refractivity contribution in [2.75, 3.05) is 13.6 Å². The highest BCUT2D eigenvalue weighted by Gasteiger charge is 2.19. The normalized spacial score (nSPS) is 21.9. The topological polar surface area (TPSA) is 75.3 Å². The van der Waals surface area contributed by atoms with Gasteiger partial charge in [0.25, 0.3) is 0 Å². The van der Waals surface area contributed by atoms with Crippen LogP contribution in [0.5, 0.6) is 0 Å². The molecule has 2 N–H and O–H groups in total. The lowest BCUT2D eigenvalue weighted by molar-refractivity contribution is 0.324. The summed E-state index contributed by atoms with van der Waals surface area (Å²) in [5.41, 5.74) is 0. The van der Waals surface area contributed by atoms with E-state index in [1.54, 1.807) is 0 Å². The molecule has 2 unspecified atom stereocenters. The standard InChI is InChI=1S/C16H29N5O.HI/c1-11(2)15-20-14(22-21-15)8-9-18-16(17-4)19-13-7-5-6-12(3)10-13;/h11-13H,5-10H2,1-4H3,(H2,17,18,19);1H. The van der Waals surface area contributed by atoms with Crippen molar-refractivity contribution in [1.82, 2.24) is 20.8 Å². The van der Waals surface area contributed by atoms with Crippen molar-refractivity contribution in [2.45, 2.75) is 64.8 Å². The third kappa shape index (κ3) is 6.64. The first-order valence-corrected chi connectivity index (χ1v) is 8.38. The van der Waals surface area contributed by atoms with Crippen LogP contribution in [0.2, 0.25) is 0 Å². The lowest BCUT2D eigenvalue weighted by atomic mass is 9.87. The summed E-state index contributed by atoms with van der Waals surface area (Å²) in [7, 11) is 1.81. The molecule has 2 rings (SSSR count). The SMILES string of the molecule is CN=C(NCCc1nc(C(C)C)no1)NC1CCCC(C)C1.I. The Morgan fingerprint density at radius 1 is 1.39 bits per heavy atom. The van der Waals surface area contributed by atoms with Gasteiger partial charge in [-0.2, -0.15) is 4.98 Å². The van der Waals surface area contributed by atoms with E-state index in [4.69, 9.17) is 4.52 Å². The Hall–Kier alpha value is -0.860. The van der Waals surface area contributed by atoms with Crippen molar-refractivity contribution < 1.29 is 4.52 Å². The number of halogens is 1. The highest BCUT2D eigenvalue weighted by molar-refractivity contribution is 14.0. The van der Waals surface area contributed by atoms with E-state index in [9.17, 15) is 0 Å². The Kier molecular flexibility index (Phi) is 8.86. The Morgan fingerprint density at radius 2 is 2.17 bits per heavy atom. The molecular formula is C16H30IN5O. The molecule has 23 heavy (non-hydrogen) atoms. The predicted molar refractivity (Wildman–Crippen MR) is 103 cm³/mol. The number of nitrogens with one attached hydrogen (secondary N) is 2. The van der Waals surface area contributed by atoms with Crippen LogP contribution < -0.4 is 10.6 Å². The average molecular weight is 435 g/mol. The van der Waals surface area contributed by atoms with Crippen molar-refractivity contribution in [3.63, 3.8) is 0 Å². The largest absolute Gasteiger partial charge is 0.356 e. The van der Waals surface area contributed by atoms with Gasteiger partial charge in [0.15, 0.2) is 11.8 Å². The van der Waals surface area contributed by atoms with Crippen LogP contribution in [0, 0.1) is 5.92 Å². The molecule has 1 aromatic rings. The zero-order valence-electron chi connectivity index (χ0n) is 14.6. The maximum absolute atomic E-state index is 5.24. The lowest BCUT2D eigenvalue weighted by Crippen LogP contribution is -2.45. The average Bonchev–Trinajstić information content (AvgIpc) is 2.95. The Morgan fingerprint density at radius 3 is 2.78 bits per heavy atom. The minimum absolute atomic E-state index is 0. The Balaban J connectivity index is 0.00000264. The minimum Gasteiger partial charge on any atom is -0.356 e. The summed E-state index contributed by atoms with van der Waals surface area (Å²) >= 11 is 0. The molecule has 0 amide bonds. The molecule has 7 heteroatoms. The van der Waals surface area contributed by atoms with Gasteiger partial charge in [-0.05, 0) is 18.8 Å². The Bertz CT molecular complexity index is 489. The number of aromatic nitrogens is 2. The lowest BCUT2D eigenvalue weighted by Gasteiger charge is -2.28. The second-order valence-electron chi connectivity index (χ2n) is 6.56. The number of hydrogen-bond acceptors (Lipinski definition) is 4. The van der Waals surface area contributed by atoms with E-state index in [1.807, 2.05) is 7.05 Å². The fourth-order valence-corrected chi connectivity index (χ4v) is 2.85. The van der Waals surface area contributed by atoms with Crippen molar-refractivity contribution in [2.24, 2.45) is 10.9 Å². The predicted octanol–water partition coefficient (Wildman–Crippen LogP) is 3.10. The van der Waals surface area contributed by atoms with Crippen molar-refractivity contribution in [3.05, 3.63) is 11.7 Å². The van der Waals surface area contributed by atoms with Gasteiger partial charge in [-0.25, -0.2) is 0 Å². The highest BCUT2D eigenvalue weighted by Crippen LogP contribution is 2.23. The van der Waals surface area contributed by atoms with Crippen LogP contribution in [-0.4, -0.2) is 35.7 Å². The monoisotopic (exact) mass is 435 g/mol. The second-order valence-corrected chi connectivity index (χ2v) is 6.56. The molecule has 1 aromatic heterocycles. The summed E-state index contributed by atoms with van der Waals surface area (Å²) in [6.45, 7) is 7.18.